The second kappa shape index (κ2) is 8.60. The fourth-order valence-electron chi connectivity index (χ4n) is 2.75. The predicted molar refractivity (Wildman–Crippen MR) is 99.6 cm³/mol. The van der Waals surface area contributed by atoms with Crippen molar-refractivity contribution in [2.75, 3.05) is 18.4 Å². The number of halogens is 2. The Hall–Kier alpha value is -1.44. The highest BCUT2D eigenvalue weighted by Crippen LogP contribution is 2.23. The van der Waals surface area contributed by atoms with E-state index in [9.17, 15) is 4.79 Å². The summed E-state index contributed by atoms with van der Waals surface area (Å²) in [7, 11) is 1.81. The van der Waals surface area contributed by atoms with E-state index in [4.69, 9.17) is 0 Å². The van der Waals surface area contributed by atoms with Crippen LogP contribution in [0.25, 0.3) is 0 Å². The van der Waals surface area contributed by atoms with E-state index in [0.717, 1.165) is 41.8 Å². The number of aryl methyl sites for hydroxylation is 1. The normalized spacial score (nSPS) is 14.9. The number of carbonyl (C=O) groups is 1. The molecule has 24 heavy (non-hydrogen) atoms. The maximum Gasteiger partial charge on any atom is 0.231 e. The maximum absolute atomic E-state index is 12.2. The second-order valence-electron chi connectivity index (χ2n) is 5.76. The van der Waals surface area contributed by atoms with Crippen LogP contribution in [0.15, 0.2) is 28.7 Å². The molecule has 0 aliphatic carbocycles. The Labute approximate surface area is 156 Å². The quantitative estimate of drug-likeness (QED) is 0.807. The first-order valence-electron chi connectivity index (χ1n) is 7.78. The van der Waals surface area contributed by atoms with E-state index in [1.165, 1.54) is 0 Å². The highest BCUT2D eigenvalue weighted by atomic mass is 79.9. The summed E-state index contributed by atoms with van der Waals surface area (Å²) in [6.07, 6.45) is 2.37. The van der Waals surface area contributed by atoms with Crippen molar-refractivity contribution in [3.8, 4) is 0 Å². The third-order valence-corrected chi connectivity index (χ3v) is 4.82. The molecule has 2 N–H and O–H groups in total. The molecule has 8 heteroatoms. The molecule has 1 aromatic heterocycles. The molecule has 0 spiro atoms. The number of rotatable bonds is 4. The number of aromatic nitrogens is 3. The topological polar surface area (TPSA) is 71.8 Å². The Kier molecular flexibility index (Phi) is 6.77. The zero-order chi connectivity index (χ0) is 16.2. The molecule has 130 valence electrons. The molecule has 3 rings (SSSR count). The van der Waals surface area contributed by atoms with Gasteiger partial charge in [-0.25, -0.2) is 4.68 Å². The molecule has 1 fully saturated rings. The van der Waals surface area contributed by atoms with Crippen molar-refractivity contribution in [2.24, 2.45) is 7.05 Å². The number of amides is 1. The number of benzene rings is 1. The molecule has 1 saturated heterocycles. The molecule has 2 heterocycles. The average molecular weight is 415 g/mol. The summed E-state index contributed by atoms with van der Waals surface area (Å²) in [6, 6.07) is 7.71. The van der Waals surface area contributed by atoms with E-state index < -0.39 is 0 Å². The van der Waals surface area contributed by atoms with Gasteiger partial charge in [-0.3, -0.25) is 10.1 Å². The molecule has 1 aromatic carbocycles. The Morgan fingerprint density at radius 3 is 2.79 bits per heavy atom. The summed E-state index contributed by atoms with van der Waals surface area (Å²) < 4.78 is 2.58. The van der Waals surface area contributed by atoms with Crippen LogP contribution in [-0.4, -0.2) is 33.8 Å². The van der Waals surface area contributed by atoms with E-state index >= 15 is 0 Å². The van der Waals surface area contributed by atoms with Gasteiger partial charge in [0.05, 0.1) is 6.42 Å². The minimum absolute atomic E-state index is 0. The van der Waals surface area contributed by atoms with Gasteiger partial charge in [0.2, 0.25) is 11.9 Å². The van der Waals surface area contributed by atoms with Crippen LogP contribution in [0.2, 0.25) is 0 Å². The summed E-state index contributed by atoms with van der Waals surface area (Å²) >= 11 is 3.46. The average Bonchev–Trinajstić information content (AvgIpc) is 2.91. The van der Waals surface area contributed by atoms with Gasteiger partial charge < -0.3 is 5.32 Å². The van der Waals surface area contributed by atoms with Gasteiger partial charge in [-0.15, -0.1) is 12.4 Å². The standard InChI is InChI=1S/C16H20BrN5O.ClH/c1-22-16(20-15(21-22)11-6-8-18-9-7-11)19-14(23)10-12-4-2-3-5-13(12)17;/h2-5,11,18H,6-10H2,1H3,(H,19,20,21,23);1H. The van der Waals surface area contributed by atoms with Gasteiger partial charge in [0.15, 0.2) is 5.82 Å². The minimum atomic E-state index is -0.0933. The zero-order valence-electron chi connectivity index (χ0n) is 13.5. The van der Waals surface area contributed by atoms with Crippen LogP contribution in [0.4, 0.5) is 5.95 Å². The van der Waals surface area contributed by atoms with E-state index in [1.54, 1.807) is 4.68 Å². The predicted octanol–water partition coefficient (Wildman–Crippen LogP) is 2.65. The fraction of sp³-hybridized carbons (Fsp3) is 0.438. The largest absolute Gasteiger partial charge is 0.317 e. The van der Waals surface area contributed by atoms with Gasteiger partial charge >= 0.3 is 0 Å². The van der Waals surface area contributed by atoms with E-state index in [0.29, 0.717) is 18.3 Å². The summed E-state index contributed by atoms with van der Waals surface area (Å²) in [5.74, 6) is 1.61. The lowest BCUT2D eigenvalue weighted by atomic mass is 9.98. The van der Waals surface area contributed by atoms with Crippen molar-refractivity contribution in [2.45, 2.75) is 25.2 Å². The molecular formula is C16H21BrClN5O. The molecule has 0 saturated carbocycles. The SMILES string of the molecule is Cl.Cn1nc(C2CCNCC2)nc1NC(=O)Cc1ccccc1Br. The summed E-state index contributed by atoms with van der Waals surface area (Å²) in [5.41, 5.74) is 0.950. The highest BCUT2D eigenvalue weighted by molar-refractivity contribution is 9.10. The first-order chi connectivity index (χ1) is 11.1. The lowest BCUT2D eigenvalue weighted by Gasteiger charge is -2.19. The van der Waals surface area contributed by atoms with Crippen molar-refractivity contribution in [3.05, 3.63) is 40.1 Å². The van der Waals surface area contributed by atoms with E-state index in [-0.39, 0.29) is 18.3 Å². The molecule has 1 aliphatic heterocycles. The van der Waals surface area contributed by atoms with Crippen LogP contribution in [0.1, 0.15) is 30.1 Å². The third kappa shape index (κ3) is 4.55. The second-order valence-corrected chi connectivity index (χ2v) is 6.61. The number of piperidine rings is 1. The van der Waals surface area contributed by atoms with Crippen molar-refractivity contribution < 1.29 is 4.79 Å². The number of nitrogens with zero attached hydrogens (tertiary/aromatic N) is 3. The van der Waals surface area contributed by atoms with E-state index in [1.807, 2.05) is 31.3 Å². The summed E-state index contributed by atoms with van der Waals surface area (Å²) in [5, 5.41) is 10.7. The van der Waals surface area contributed by atoms with Crippen LogP contribution < -0.4 is 10.6 Å². The van der Waals surface area contributed by atoms with Gasteiger partial charge in [0.1, 0.15) is 0 Å². The minimum Gasteiger partial charge on any atom is -0.317 e. The molecule has 0 unspecified atom stereocenters. The lowest BCUT2D eigenvalue weighted by molar-refractivity contribution is -0.115. The Morgan fingerprint density at radius 1 is 1.38 bits per heavy atom. The van der Waals surface area contributed by atoms with Gasteiger partial charge in [-0.05, 0) is 37.6 Å². The summed E-state index contributed by atoms with van der Waals surface area (Å²) in [4.78, 5) is 16.8. The highest BCUT2D eigenvalue weighted by Gasteiger charge is 2.21. The number of anilines is 1. The van der Waals surface area contributed by atoms with Gasteiger partial charge in [-0.1, -0.05) is 34.1 Å². The zero-order valence-corrected chi connectivity index (χ0v) is 15.9. The lowest BCUT2D eigenvalue weighted by Crippen LogP contribution is -2.27. The first kappa shape index (κ1) is 18.9. The van der Waals surface area contributed by atoms with Gasteiger partial charge in [0, 0.05) is 17.4 Å². The Bertz CT molecular complexity index is 700. The van der Waals surface area contributed by atoms with Crippen molar-refractivity contribution in [1.29, 1.82) is 0 Å². The van der Waals surface area contributed by atoms with Gasteiger partial charge in [0.25, 0.3) is 0 Å². The molecule has 0 atom stereocenters. The molecule has 0 bridgehead atoms. The van der Waals surface area contributed by atoms with Gasteiger partial charge in [-0.2, -0.15) is 10.1 Å². The third-order valence-electron chi connectivity index (χ3n) is 4.04. The Balaban J connectivity index is 0.00000208. The number of nitrogens with one attached hydrogen (secondary N) is 2. The van der Waals surface area contributed by atoms with Crippen LogP contribution in [0.5, 0.6) is 0 Å². The van der Waals surface area contributed by atoms with Crippen molar-refractivity contribution in [3.63, 3.8) is 0 Å². The molecule has 1 aliphatic rings. The maximum atomic E-state index is 12.2. The van der Waals surface area contributed by atoms with Crippen LogP contribution in [-0.2, 0) is 18.3 Å². The van der Waals surface area contributed by atoms with Crippen LogP contribution >= 0.6 is 28.3 Å². The number of hydrogen-bond acceptors (Lipinski definition) is 4. The van der Waals surface area contributed by atoms with Crippen LogP contribution in [0.3, 0.4) is 0 Å². The number of hydrogen-bond donors (Lipinski definition) is 2. The van der Waals surface area contributed by atoms with E-state index in [2.05, 4.69) is 36.6 Å². The monoisotopic (exact) mass is 413 g/mol. The Morgan fingerprint density at radius 2 is 2.08 bits per heavy atom. The van der Waals surface area contributed by atoms with Crippen molar-refractivity contribution in [1.82, 2.24) is 20.1 Å². The molecular weight excluding hydrogens is 394 g/mol. The smallest absolute Gasteiger partial charge is 0.231 e. The molecule has 0 radical (unpaired) electrons. The molecule has 2 aromatic rings. The number of carbonyl (C=O) groups excluding carboxylic acids is 1. The fourth-order valence-corrected chi connectivity index (χ4v) is 3.17. The molecule has 6 nitrogen and oxygen atoms in total. The summed E-state index contributed by atoms with van der Waals surface area (Å²) in [6.45, 7) is 1.99. The first-order valence-corrected chi connectivity index (χ1v) is 8.57. The van der Waals surface area contributed by atoms with Crippen LogP contribution in [0, 0.1) is 0 Å². The molecule has 1 amide bonds. The van der Waals surface area contributed by atoms with Crippen molar-refractivity contribution >= 4 is 40.2 Å².